The predicted octanol–water partition coefficient (Wildman–Crippen LogP) is 4.86. The second-order valence-electron chi connectivity index (χ2n) is 9.84. The molecule has 0 bridgehead atoms. The molecule has 202 valence electrons. The van der Waals surface area contributed by atoms with Crippen molar-refractivity contribution in [2.24, 2.45) is 0 Å². The van der Waals surface area contributed by atoms with Crippen LogP contribution in [0.2, 0.25) is 0 Å². The standard InChI is InChI=1S/C31H36N6O2/c1-4-28-25(14-17-39-28)21-37-29-26(18-23(30(37)38)13-16-36(5-2)6-3)20-33-31(35-29)34-27-11-9-22(10-12-27)24-8-7-15-32-19-24/h9-12,14,17-18,20,24,32H,4-8,15,19,21H2,1-3H3,(H,33,34,35). The number of anilines is 2. The molecule has 2 N–H and O–H groups in total. The molecule has 8 nitrogen and oxygen atoms in total. The van der Waals surface area contributed by atoms with Gasteiger partial charge in [-0.1, -0.05) is 19.1 Å². The second kappa shape index (κ2) is 12.2. The monoisotopic (exact) mass is 524 g/mol. The lowest BCUT2D eigenvalue weighted by atomic mass is 9.92. The summed E-state index contributed by atoms with van der Waals surface area (Å²) in [5.74, 6) is 4.93. The predicted molar refractivity (Wildman–Crippen MR) is 155 cm³/mol. The molecule has 1 aliphatic rings. The topological polar surface area (TPSA) is 88.2 Å². The Kier molecular flexibility index (Phi) is 8.28. The number of aromatic nitrogens is 3. The summed E-state index contributed by atoms with van der Waals surface area (Å²) in [4.78, 5) is 25.0. The number of nitrogens with one attached hydrogen (secondary N) is 2. The maximum absolute atomic E-state index is 13.7. The van der Waals surface area contributed by atoms with Crippen LogP contribution in [-0.4, -0.2) is 45.6 Å². The van der Waals surface area contributed by atoms with Gasteiger partial charge in [-0.2, -0.15) is 4.98 Å². The Hall–Kier alpha value is -4.09. The molecule has 1 aliphatic heterocycles. The molecule has 3 aromatic heterocycles. The van der Waals surface area contributed by atoms with Gasteiger partial charge in [0.2, 0.25) is 5.95 Å². The van der Waals surface area contributed by atoms with Crippen molar-refractivity contribution in [2.45, 2.75) is 52.5 Å². The van der Waals surface area contributed by atoms with Crippen LogP contribution in [0, 0.1) is 12.0 Å². The van der Waals surface area contributed by atoms with E-state index < -0.39 is 0 Å². The number of nitrogens with zero attached hydrogens (tertiary/aromatic N) is 4. The minimum atomic E-state index is -0.180. The normalized spacial score (nSPS) is 15.1. The summed E-state index contributed by atoms with van der Waals surface area (Å²) in [6.07, 6.45) is 6.58. The summed E-state index contributed by atoms with van der Waals surface area (Å²) >= 11 is 0. The van der Waals surface area contributed by atoms with Gasteiger partial charge in [0.1, 0.15) is 11.4 Å². The van der Waals surface area contributed by atoms with E-state index in [2.05, 4.69) is 51.8 Å². The van der Waals surface area contributed by atoms with Crippen molar-refractivity contribution < 1.29 is 4.42 Å². The van der Waals surface area contributed by atoms with E-state index >= 15 is 0 Å². The number of fused-ring (bicyclic) bond motifs is 1. The Morgan fingerprint density at radius 3 is 2.72 bits per heavy atom. The van der Waals surface area contributed by atoms with E-state index in [0.29, 0.717) is 29.6 Å². The maximum atomic E-state index is 13.7. The van der Waals surface area contributed by atoms with Gasteiger partial charge in [0.25, 0.3) is 5.56 Å². The first kappa shape index (κ1) is 26.5. The molecule has 0 saturated carbocycles. The van der Waals surface area contributed by atoms with Gasteiger partial charge < -0.3 is 20.0 Å². The summed E-state index contributed by atoms with van der Waals surface area (Å²) in [6, 6.07) is 15.3. The van der Waals surface area contributed by atoms with Crippen LogP contribution < -0.4 is 16.2 Å². The maximum Gasteiger partial charge on any atom is 0.268 e. The Morgan fingerprint density at radius 2 is 2.00 bits per heavy atom. The lowest BCUT2D eigenvalue weighted by Crippen LogP contribution is -2.28. The number of rotatable bonds is 8. The number of pyridine rings is 1. The van der Waals surface area contributed by atoms with Gasteiger partial charge in [-0.05, 0) is 74.9 Å². The van der Waals surface area contributed by atoms with Crippen molar-refractivity contribution >= 4 is 22.7 Å². The molecule has 0 spiro atoms. The van der Waals surface area contributed by atoms with Crippen LogP contribution in [0.5, 0.6) is 0 Å². The average Bonchev–Trinajstić information content (AvgIpc) is 3.44. The first-order valence-electron chi connectivity index (χ1n) is 13.9. The summed E-state index contributed by atoms with van der Waals surface area (Å²) < 4.78 is 7.31. The quantitative estimate of drug-likeness (QED) is 0.251. The number of piperidine rings is 1. The minimum Gasteiger partial charge on any atom is -0.469 e. The van der Waals surface area contributed by atoms with Crippen molar-refractivity contribution in [1.29, 1.82) is 0 Å². The highest BCUT2D eigenvalue weighted by Crippen LogP contribution is 2.25. The molecule has 0 radical (unpaired) electrons. The first-order chi connectivity index (χ1) is 19.1. The van der Waals surface area contributed by atoms with E-state index in [1.54, 1.807) is 23.1 Å². The van der Waals surface area contributed by atoms with Gasteiger partial charge in [-0.25, -0.2) is 4.98 Å². The van der Waals surface area contributed by atoms with E-state index in [0.717, 1.165) is 55.0 Å². The molecule has 1 atom stereocenters. The fourth-order valence-corrected chi connectivity index (χ4v) is 5.07. The summed E-state index contributed by atoms with van der Waals surface area (Å²) in [6.45, 7) is 10.2. The van der Waals surface area contributed by atoms with Crippen LogP contribution in [0.25, 0.3) is 11.0 Å². The van der Waals surface area contributed by atoms with E-state index in [4.69, 9.17) is 9.40 Å². The zero-order valence-corrected chi connectivity index (χ0v) is 23.0. The van der Waals surface area contributed by atoms with E-state index in [9.17, 15) is 4.79 Å². The van der Waals surface area contributed by atoms with Crippen LogP contribution in [0.1, 0.15) is 62.0 Å². The minimum absolute atomic E-state index is 0.180. The largest absolute Gasteiger partial charge is 0.469 e. The highest BCUT2D eigenvalue weighted by molar-refractivity contribution is 5.77. The summed E-state index contributed by atoms with van der Waals surface area (Å²) in [5, 5.41) is 7.55. The fourth-order valence-electron chi connectivity index (χ4n) is 5.07. The van der Waals surface area contributed by atoms with Gasteiger partial charge in [0.15, 0.2) is 0 Å². The number of hydrogen-bond donors (Lipinski definition) is 2. The van der Waals surface area contributed by atoms with Gasteiger partial charge in [-0.3, -0.25) is 9.36 Å². The van der Waals surface area contributed by atoms with Gasteiger partial charge in [0.05, 0.1) is 18.4 Å². The highest BCUT2D eigenvalue weighted by atomic mass is 16.3. The molecule has 39 heavy (non-hydrogen) atoms. The molecule has 4 heterocycles. The number of hydrogen-bond acceptors (Lipinski definition) is 7. The lowest BCUT2D eigenvalue weighted by molar-refractivity contribution is 0.444. The fraction of sp³-hybridized carbons (Fsp3) is 0.387. The molecule has 1 unspecified atom stereocenters. The zero-order chi connectivity index (χ0) is 27.2. The molecule has 0 aliphatic carbocycles. The number of furan rings is 1. The van der Waals surface area contributed by atoms with Crippen molar-refractivity contribution in [2.75, 3.05) is 31.5 Å². The molecule has 4 aromatic rings. The molecule has 8 heteroatoms. The number of benzene rings is 1. The van der Waals surface area contributed by atoms with Crippen molar-refractivity contribution in [1.82, 2.24) is 24.8 Å². The third kappa shape index (κ3) is 5.99. The molecule has 0 amide bonds. The molecule has 5 rings (SSSR count). The Morgan fingerprint density at radius 1 is 1.18 bits per heavy atom. The Balaban J connectivity index is 1.50. The third-order valence-electron chi connectivity index (χ3n) is 7.36. The highest BCUT2D eigenvalue weighted by Gasteiger charge is 2.16. The van der Waals surface area contributed by atoms with Gasteiger partial charge in [-0.15, -0.1) is 0 Å². The Labute approximate surface area is 229 Å². The average molecular weight is 525 g/mol. The third-order valence-corrected chi connectivity index (χ3v) is 7.36. The van der Waals surface area contributed by atoms with Crippen LogP contribution >= 0.6 is 0 Å². The smallest absolute Gasteiger partial charge is 0.268 e. The van der Waals surface area contributed by atoms with Crippen molar-refractivity contribution in [3.63, 3.8) is 0 Å². The second-order valence-corrected chi connectivity index (χ2v) is 9.84. The van der Waals surface area contributed by atoms with E-state index in [1.165, 1.54) is 18.4 Å². The molecule has 1 aromatic carbocycles. The van der Waals surface area contributed by atoms with Crippen LogP contribution in [0.3, 0.4) is 0 Å². The number of aryl methyl sites for hydroxylation is 1. The van der Waals surface area contributed by atoms with Crippen LogP contribution in [0.15, 0.2) is 58.1 Å². The van der Waals surface area contributed by atoms with Crippen molar-refractivity contribution in [3.8, 4) is 12.0 Å². The van der Waals surface area contributed by atoms with Gasteiger partial charge in [0, 0.05) is 54.9 Å². The molecular weight excluding hydrogens is 488 g/mol. The van der Waals surface area contributed by atoms with Crippen molar-refractivity contribution in [3.05, 3.63) is 81.7 Å². The summed E-state index contributed by atoms with van der Waals surface area (Å²) in [7, 11) is 0. The SMILES string of the molecule is CCc1occc1Cn1c(=O)c(C#CN(CC)CC)cc2cnc(Nc3ccc(C4CCCNC4)cc3)nc21. The summed E-state index contributed by atoms with van der Waals surface area (Å²) in [5.41, 5.74) is 4.00. The van der Waals surface area contributed by atoms with E-state index in [-0.39, 0.29) is 5.56 Å². The van der Waals surface area contributed by atoms with Crippen LogP contribution in [0.4, 0.5) is 11.6 Å². The van der Waals surface area contributed by atoms with Gasteiger partial charge >= 0.3 is 0 Å². The van der Waals surface area contributed by atoms with Crippen LogP contribution in [-0.2, 0) is 13.0 Å². The Bertz CT molecular complexity index is 1530. The first-order valence-corrected chi connectivity index (χ1v) is 13.9. The molecular formula is C31H36N6O2. The molecule has 1 fully saturated rings. The van der Waals surface area contributed by atoms with E-state index in [1.807, 2.05) is 31.7 Å². The zero-order valence-electron chi connectivity index (χ0n) is 23.0. The lowest BCUT2D eigenvalue weighted by Gasteiger charge is -2.23. The molecule has 1 saturated heterocycles.